The van der Waals surface area contributed by atoms with Crippen molar-refractivity contribution in [1.29, 1.82) is 0 Å². The van der Waals surface area contributed by atoms with Crippen LogP contribution >= 0.6 is 0 Å². The molecule has 0 bridgehead atoms. The van der Waals surface area contributed by atoms with Gasteiger partial charge in [0.2, 0.25) is 0 Å². The molecule has 0 radical (unpaired) electrons. The summed E-state index contributed by atoms with van der Waals surface area (Å²) in [4.78, 5) is 24.1. The molecule has 2 aromatic rings. The van der Waals surface area contributed by atoms with Gasteiger partial charge in [-0.05, 0) is 18.2 Å². The van der Waals surface area contributed by atoms with E-state index in [1.54, 1.807) is 18.2 Å². The molecule has 1 aliphatic carbocycles. The Kier molecular flexibility index (Phi) is 4.65. The minimum absolute atomic E-state index is 0. The van der Waals surface area contributed by atoms with E-state index in [9.17, 15) is 18.0 Å². The zero-order valence-corrected chi connectivity index (χ0v) is 10.8. The summed E-state index contributed by atoms with van der Waals surface area (Å²) in [6.45, 7) is 0. The van der Waals surface area contributed by atoms with E-state index in [0.717, 1.165) is 12.1 Å². The standard InChI is InChI=1S/C14H8O5S.K.H/c15-13-9-3-1-2-4-10(9)14(16)12-7-8(20(17,18)19)5-6-11(12)13;;/h1-7H,(H,17,18,19);;. The summed E-state index contributed by atoms with van der Waals surface area (Å²) in [7, 11) is -4.42. The first kappa shape index (κ1) is 16.7. The summed E-state index contributed by atoms with van der Waals surface area (Å²) in [5.41, 5.74) is 0.659. The van der Waals surface area contributed by atoms with Crippen LogP contribution in [0.3, 0.4) is 0 Å². The first-order valence-corrected chi connectivity index (χ1v) is 7.13. The Bertz CT molecular complexity index is 871. The van der Waals surface area contributed by atoms with Crippen LogP contribution in [0.5, 0.6) is 0 Å². The second-order valence-corrected chi connectivity index (χ2v) is 5.81. The van der Waals surface area contributed by atoms with Crippen molar-refractivity contribution in [3.05, 3.63) is 64.7 Å². The van der Waals surface area contributed by atoms with Crippen molar-refractivity contribution in [2.45, 2.75) is 4.90 Å². The van der Waals surface area contributed by atoms with Gasteiger partial charge in [0, 0.05) is 22.3 Å². The fourth-order valence-corrected chi connectivity index (χ4v) is 2.75. The molecule has 0 fully saturated rings. The Morgan fingerprint density at radius 1 is 0.762 bits per heavy atom. The maximum atomic E-state index is 12.3. The summed E-state index contributed by atoms with van der Waals surface area (Å²) < 4.78 is 31.2. The number of hydrogen-bond acceptors (Lipinski definition) is 4. The van der Waals surface area contributed by atoms with E-state index < -0.39 is 20.8 Å². The molecule has 0 spiro atoms. The number of benzene rings is 2. The van der Waals surface area contributed by atoms with Gasteiger partial charge < -0.3 is 0 Å². The predicted octanol–water partition coefficient (Wildman–Crippen LogP) is 1.06. The van der Waals surface area contributed by atoms with Crippen LogP contribution in [0, 0.1) is 0 Å². The fourth-order valence-electron chi connectivity index (χ4n) is 2.24. The summed E-state index contributed by atoms with van der Waals surface area (Å²) in [5, 5.41) is 0. The fraction of sp³-hybridized carbons (Fsp3) is 0. The predicted molar refractivity (Wildman–Crippen MR) is 76.7 cm³/mol. The van der Waals surface area contributed by atoms with Crippen LogP contribution in [0.25, 0.3) is 0 Å². The molecule has 1 N–H and O–H groups in total. The second-order valence-electron chi connectivity index (χ2n) is 4.39. The molecule has 0 aromatic heterocycles. The Morgan fingerprint density at radius 3 is 1.76 bits per heavy atom. The van der Waals surface area contributed by atoms with Gasteiger partial charge >= 0.3 is 51.4 Å². The molecule has 102 valence electrons. The molecule has 0 aliphatic heterocycles. The monoisotopic (exact) mass is 328 g/mol. The van der Waals surface area contributed by atoms with E-state index in [2.05, 4.69) is 0 Å². The minimum atomic E-state index is -4.42. The molecule has 3 rings (SSSR count). The van der Waals surface area contributed by atoms with Gasteiger partial charge in [-0.2, -0.15) is 8.42 Å². The molecule has 21 heavy (non-hydrogen) atoms. The number of ketones is 2. The van der Waals surface area contributed by atoms with Gasteiger partial charge in [-0.1, -0.05) is 24.3 Å². The molecule has 0 saturated carbocycles. The SMILES string of the molecule is O=C1c2ccccc2C(=O)c2cc(S(=O)(=O)O)ccc21.[KH]. The molecule has 5 nitrogen and oxygen atoms in total. The average Bonchev–Trinajstić information content (AvgIpc) is 2.43. The molecule has 7 heteroatoms. The van der Waals surface area contributed by atoms with Crippen LogP contribution in [0.1, 0.15) is 31.8 Å². The van der Waals surface area contributed by atoms with Crippen molar-refractivity contribution in [2.24, 2.45) is 0 Å². The van der Waals surface area contributed by atoms with Gasteiger partial charge in [0.05, 0.1) is 4.90 Å². The quantitative estimate of drug-likeness (QED) is 0.533. The summed E-state index contributed by atoms with van der Waals surface area (Å²) in [6, 6.07) is 9.72. The topological polar surface area (TPSA) is 88.5 Å². The Labute approximate surface area is 163 Å². The van der Waals surface area contributed by atoms with Gasteiger partial charge in [-0.15, -0.1) is 0 Å². The van der Waals surface area contributed by atoms with Crippen molar-refractivity contribution in [2.75, 3.05) is 0 Å². The molecular weight excluding hydrogens is 319 g/mol. The van der Waals surface area contributed by atoms with Gasteiger partial charge in [0.25, 0.3) is 10.1 Å². The Hall–Kier alpha value is -0.674. The van der Waals surface area contributed by atoms with Crippen LogP contribution in [-0.4, -0.2) is 75.9 Å². The van der Waals surface area contributed by atoms with E-state index in [4.69, 9.17) is 4.55 Å². The number of rotatable bonds is 1. The van der Waals surface area contributed by atoms with Crippen LogP contribution in [-0.2, 0) is 10.1 Å². The molecule has 0 saturated heterocycles. The first-order valence-electron chi connectivity index (χ1n) is 5.69. The van der Waals surface area contributed by atoms with Gasteiger partial charge in [-0.25, -0.2) is 0 Å². The maximum absolute atomic E-state index is 12.3. The third-order valence-corrected chi connectivity index (χ3v) is 4.04. The average molecular weight is 328 g/mol. The number of hydrogen-bond donors (Lipinski definition) is 1. The molecular formula is C14H9KO5S. The zero-order chi connectivity index (χ0) is 14.5. The van der Waals surface area contributed by atoms with Crippen LogP contribution in [0.2, 0.25) is 0 Å². The van der Waals surface area contributed by atoms with Crippen molar-refractivity contribution >= 4 is 73.1 Å². The van der Waals surface area contributed by atoms with Crippen molar-refractivity contribution in [1.82, 2.24) is 0 Å². The summed E-state index contributed by atoms with van der Waals surface area (Å²) in [5.74, 6) is -0.766. The normalized spacial score (nSPS) is 13.2. The second kappa shape index (κ2) is 5.84. The van der Waals surface area contributed by atoms with Crippen LogP contribution in [0.4, 0.5) is 0 Å². The van der Waals surface area contributed by atoms with E-state index in [-0.39, 0.29) is 73.9 Å². The van der Waals surface area contributed by atoms with E-state index in [1.807, 2.05) is 0 Å². The molecule has 0 unspecified atom stereocenters. The van der Waals surface area contributed by atoms with Crippen molar-refractivity contribution in [3.63, 3.8) is 0 Å². The van der Waals surface area contributed by atoms with Gasteiger partial charge in [0.15, 0.2) is 11.6 Å². The third kappa shape index (κ3) is 2.82. The van der Waals surface area contributed by atoms with E-state index in [0.29, 0.717) is 5.56 Å². The van der Waals surface area contributed by atoms with Gasteiger partial charge in [0.1, 0.15) is 0 Å². The van der Waals surface area contributed by atoms with Crippen molar-refractivity contribution in [3.8, 4) is 0 Å². The molecule has 0 heterocycles. The summed E-state index contributed by atoms with van der Waals surface area (Å²) >= 11 is 0. The van der Waals surface area contributed by atoms with E-state index >= 15 is 0 Å². The molecule has 0 atom stereocenters. The molecule has 0 amide bonds. The summed E-state index contributed by atoms with van der Waals surface area (Å²) in [6.07, 6.45) is 0. The Balaban J connectivity index is 0.00000161. The Morgan fingerprint density at radius 2 is 1.24 bits per heavy atom. The van der Waals surface area contributed by atoms with Crippen LogP contribution in [0.15, 0.2) is 47.4 Å². The number of fused-ring (bicyclic) bond motifs is 2. The number of carbonyl (C=O) groups is 2. The molecule has 1 aliphatic rings. The zero-order valence-electron chi connectivity index (χ0n) is 10.0. The third-order valence-electron chi connectivity index (χ3n) is 3.19. The molecule has 2 aromatic carbocycles. The number of carbonyl (C=O) groups excluding carboxylic acids is 2. The van der Waals surface area contributed by atoms with Gasteiger partial charge in [-0.3, -0.25) is 14.1 Å². The van der Waals surface area contributed by atoms with Crippen LogP contribution < -0.4 is 0 Å². The van der Waals surface area contributed by atoms with Crippen molar-refractivity contribution < 1.29 is 22.6 Å². The first-order chi connectivity index (χ1) is 9.39. The van der Waals surface area contributed by atoms with E-state index in [1.165, 1.54) is 12.1 Å².